The van der Waals surface area contributed by atoms with Crippen molar-refractivity contribution < 1.29 is 88.9 Å². The molecule has 1 aliphatic carbocycles. The lowest BCUT2D eigenvalue weighted by Crippen LogP contribution is -2.74. The van der Waals surface area contributed by atoms with E-state index in [1.807, 2.05) is 12.2 Å². The highest BCUT2D eigenvalue weighted by atomic mass is 19.4. The van der Waals surface area contributed by atoms with Crippen molar-refractivity contribution in [1.29, 1.82) is 0 Å². The summed E-state index contributed by atoms with van der Waals surface area (Å²) >= 11 is 0. The van der Waals surface area contributed by atoms with Crippen LogP contribution in [-0.2, 0) is 4.74 Å². The van der Waals surface area contributed by atoms with Gasteiger partial charge in [0, 0.05) is 17.5 Å². The Morgan fingerprint density at radius 1 is 0.528 bits per heavy atom. The minimum atomic E-state index is -8.67. The summed E-state index contributed by atoms with van der Waals surface area (Å²) in [5.41, 5.74) is 2.68. The second-order valence-corrected chi connectivity index (χ2v) is 11.5. The molecule has 0 bridgehead atoms. The Balaban J connectivity index is 1.41. The van der Waals surface area contributed by atoms with Crippen molar-refractivity contribution in [2.75, 3.05) is 6.61 Å². The van der Waals surface area contributed by atoms with E-state index in [2.05, 4.69) is 0 Å². The molecule has 0 atom stereocenters. The Morgan fingerprint density at radius 3 is 1.40 bits per heavy atom. The third kappa shape index (κ3) is 6.88. The van der Waals surface area contributed by atoms with E-state index in [0.717, 1.165) is 35.4 Å². The molecule has 4 rings (SSSR count). The van der Waals surface area contributed by atoms with Crippen LogP contribution >= 0.6 is 0 Å². The molecule has 0 unspecified atom stereocenters. The van der Waals surface area contributed by atoms with Crippen LogP contribution in [0, 0.1) is 0 Å². The number of hydrogen-bond donors (Lipinski definition) is 0. The Labute approximate surface area is 287 Å². The van der Waals surface area contributed by atoms with Gasteiger partial charge in [0.05, 0.1) is 12.2 Å². The van der Waals surface area contributed by atoms with Crippen LogP contribution in [0.4, 0.5) is 74.6 Å². The van der Waals surface area contributed by atoms with E-state index < -0.39 is 79.2 Å². The Morgan fingerprint density at radius 2 is 0.943 bits per heavy atom. The number of benzene rings is 3. The Hall–Kier alpha value is -4.52. The molecule has 3 nitrogen and oxygen atoms in total. The third-order valence-corrected chi connectivity index (χ3v) is 8.01. The molecular weight excluding hydrogens is 767 g/mol. The lowest BCUT2D eigenvalue weighted by molar-refractivity contribution is -0.461. The van der Waals surface area contributed by atoms with E-state index in [1.54, 1.807) is 48.5 Å². The van der Waals surface area contributed by atoms with Crippen molar-refractivity contribution >= 4 is 18.1 Å². The molecule has 53 heavy (non-hydrogen) atoms. The maximum Gasteiger partial charge on any atom is 0.460 e. The summed E-state index contributed by atoms with van der Waals surface area (Å²) in [7, 11) is 0. The molecule has 0 aliphatic heterocycles. The first-order chi connectivity index (χ1) is 24.2. The van der Waals surface area contributed by atoms with Gasteiger partial charge in [0.1, 0.15) is 5.75 Å². The highest BCUT2D eigenvalue weighted by Crippen LogP contribution is 2.64. The molecule has 3 aromatic carbocycles. The van der Waals surface area contributed by atoms with Crippen LogP contribution < -0.4 is 4.74 Å². The molecule has 0 heterocycles. The normalized spacial score (nSPS) is 15.0. The lowest BCUT2D eigenvalue weighted by Gasteiger charge is -2.42. The first kappa shape index (κ1) is 41.2. The molecule has 0 saturated heterocycles. The summed E-state index contributed by atoms with van der Waals surface area (Å²) in [5, 5.41) is 0. The van der Waals surface area contributed by atoms with E-state index in [-0.39, 0.29) is 11.3 Å². The monoisotopic (exact) mass is 788 g/mol. The highest BCUT2D eigenvalue weighted by Gasteiger charge is 2.95. The molecule has 0 N–H and O–H groups in total. The average molecular weight is 788 g/mol. The number of esters is 1. The molecular formula is C33H21F17O3. The maximum absolute atomic E-state index is 14.2. The standard InChI is InChI=1S/C33H21F17O3/c34-26(35,27(36,37)28(38,39)29(40,41)30(42,43)31(44,45)32(46,47)33(48,49)50)16-5-17-52-21-14-12-20(13-15-21)25(51)53-24-22-8-3-1-6-18(22)10-11-19-7-2-4-9-23(19)24/h1-4,6-15,24H,5,16-17H2. The fourth-order valence-electron chi connectivity index (χ4n) is 4.98. The number of halogens is 17. The smallest absolute Gasteiger partial charge is 0.460 e. The lowest BCUT2D eigenvalue weighted by atomic mass is 9.88. The molecule has 0 saturated carbocycles. The van der Waals surface area contributed by atoms with Gasteiger partial charge >= 0.3 is 53.6 Å². The summed E-state index contributed by atoms with van der Waals surface area (Å²) in [6.07, 6.45) is -9.14. The van der Waals surface area contributed by atoms with Gasteiger partial charge in [0.15, 0.2) is 6.10 Å². The van der Waals surface area contributed by atoms with Crippen LogP contribution in [0.1, 0.15) is 51.6 Å². The number of ether oxygens (including phenoxy) is 2. The van der Waals surface area contributed by atoms with Gasteiger partial charge in [0.2, 0.25) is 0 Å². The SMILES string of the molecule is O=C(OC1c2ccccc2C=Cc2ccccc21)c1ccc(OCCCC(F)(F)C(F)(F)C(F)(F)C(F)(F)C(F)(F)C(F)(F)C(F)(F)C(F)(F)F)cc1. The van der Waals surface area contributed by atoms with E-state index in [0.29, 0.717) is 11.1 Å². The second-order valence-electron chi connectivity index (χ2n) is 11.5. The molecule has 0 spiro atoms. The van der Waals surface area contributed by atoms with Crippen molar-refractivity contribution in [2.24, 2.45) is 0 Å². The van der Waals surface area contributed by atoms with E-state index in [1.165, 1.54) is 0 Å². The predicted octanol–water partition coefficient (Wildman–Crippen LogP) is 11.3. The van der Waals surface area contributed by atoms with Crippen LogP contribution in [0.5, 0.6) is 5.75 Å². The number of carbonyl (C=O) groups excluding carboxylic acids is 1. The maximum atomic E-state index is 14.2. The molecule has 0 amide bonds. The van der Waals surface area contributed by atoms with E-state index in [9.17, 15) is 79.4 Å². The molecule has 1 aliphatic rings. The predicted molar refractivity (Wildman–Crippen MR) is 151 cm³/mol. The van der Waals surface area contributed by atoms with Crippen LogP contribution in [0.25, 0.3) is 12.2 Å². The quantitative estimate of drug-likeness (QED) is 0.0983. The summed E-state index contributed by atoms with van der Waals surface area (Å²) in [6.45, 7) is -1.12. The first-order valence-corrected chi connectivity index (χ1v) is 14.7. The van der Waals surface area contributed by atoms with Crippen LogP contribution in [-0.4, -0.2) is 60.2 Å². The third-order valence-electron chi connectivity index (χ3n) is 8.01. The summed E-state index contributed by atoms with van der Waals surface area (Å²) in [5.74, 6) is -57.8. The molecule has 0 fully saturated rings. The van der Waals surface area contributed by atoms with Crippen molar-refractivity contribution in [2.45, 2.75) is 66.6 Å². The Bertz CT molecular complexity index is 1770. The van der Waals surface area contributed by atoms with Gasteiger partial charge in [0.25, 0.3) is 0 Å². The van der Waals surface area contributed by atoms with Gasteiger partial charge in [-0.05, 0) is 41.8 Å². The number of hydrogen-bond acceptors (Lipinski definition) is 3. The fraction of sp³-hybridized carbons (Fsp3) is 0.364. The fourth-order valence-corrected chi connectivity index (χ4v) is 4.98. The topological polar surface area (TPSA) is 35.5 Å². The number of fused-ring (bicyclic) bond motifs is 2. The Kier molecular flexibility index (Phi) is 10.7. The number of carbonyl (C=O) groups is 1. The molecule has 290 valence electrons. The van der Waals surface area contributed by atoms with Gasteiger partial charge < -0.3 is 9.47 Å². The average Bonchev–Trinajstić information content (AvgIpc) is 3.23. The highest BCUT2D eigenvalue weighted by molar-refractivity contribution is 5.90. The van der Waals surface area contributed by atoms with Gasteiger partial charge in [-0.1, -0.05) is 60.7 Å². The van der Waals surface area contributed by atoms with Crippen molar-refractivity contribution in [3.8, 4) is 5.75 Å². The van der Waals surface area contributed by atoms with E-state index in [4.69, 9.17) is 9.47 Å². The van der Waals surface area contributed by atoms with E-state index >= 15 is 0 Å². The molecule has 20 heteroatoms. The summed E-state index contributed by atoms with van der Waals surface area (Å²) < 4.78 is 240. The van der Waals surface area contributed by atoms with Gasteiger partial charge in [-0.3, -0.25) is 0 Å². The van der Waals surface area contributed by atoms with Crippen molar-refractivity contribution in [3.05, 3.63) is 101 Å². The largest absolute Gasteiger partial charge is 0.494 e. The summed E-state index contributed by atoms with van der Waals surface area (Å²) in [4.78, 5) is 13.1. The minimum Gasteiger partial charge on any atom is -0.494 e. The molecule has 3 aromatic rings. The zero-order valence-corrected chi connectivity index (χ0v) is 25.9. The zero-order chi connectivity index (χ0) is 40.1. The van der Waals surface area contributed by atoms with Crippen molar-refractivity contribution in [1.82, 2.24) is 0 Å². The second kappa shape index (κ2) is 13.7. The van der Waals surface area contributed by atoms with Gasteiger partial charge in [-0.15, -0.1) is 0 Å². The zero-order valence-electron chi connectivity index (χ0n) is 25.9. The molecule has 0 radical (unpaired) electrons. The van der Waals surface area contributed by atoms with Crippen molar-refractivity contribution in [3.63, 3.8) is 0 Å². The first-order valence-electron chi connectivity index (χ1n) is 14.7. The van der Waals surface area contributed by atoms with Crippen LogP contribution in [0.3, 0.4) is 0 Å². The van der Waals surface area contributed by atoms with Crippen LogP contribution in [0.15, 0.2) is 72.8 Å². The number of rotatable bonds is 13. The minimum absolute atomic E-state index is 0.0887. The molecule has 0 aromatic heterocycles. The van der Waals surface area contributed by atoms with Crippen LogP contribution in [0.2, 0.25) is 0 Å². The van der Waals surface area contributed by atoms with Gasteiger partial charge in [-0.2, -0.15) is 74.6 Å². The summed E-state index contributed by atoms with van der Waals surface area (Å²) in [6, 6.07) is 18.3. The number of alkyl halides is 17. The van der Waals surface area contributed by atoms with Gasteiger partial charge in [-0.25, -0.2) is 4.79 Å².